The van der Waals surface area contributed by atoms with Crippen molar-refractivity contribution in [2.24, 2.45) is 0 Å². The van der Waals surface area contributed by atoms with E-state index in [0.717, 1.165) is 11.3 Å². The van der Waals surface area contributed by atoms with Gasteiger partial charge in [-0.3, -0.25) is 0 Å². The van der Waals surface area contributed by atoms with E-state index in [9.17, 15) is 4.79 Å². The average molecular weight is 248 g/mol. The minimum Gasteiger partial charge on any atom is -0.465 e. The first-order chi connectivity index (χ1) is 8.54. The van der Waals surface area contributed by atoms with Crippen molar-refractivity contribution >= 4 is 17.3 Å². The summed E-state index contributed by atoms with van der Waals surface area (Å²) in [5.41, 5.74) is 8.85. The van der Waals surface area contributed by atoms with Crippen LogP contribution < -0.4 is 10.6 Å². The van der Waals surface area contributed by atoms with Gasteiger partial charge in [0.2, 0.25) is 0 Å². The lowest BCUT2D eigenvalue weighted by atomic mass is 9.91. The van der Waals surface area contributed by atoms with E-state index in [1.165, 1.54) is 26.4 Å². The standard InChI is InChI=1S/C14H20N2O2/c1-9-7-11(16(2)10-5-4-6-10)8-12(13(9)15)14(17)18-3/h7-8,10H,4-6,15H2,1-3H3. The van der Waals surface area contributed by atoms with Crippen LogP contribution >= 0.6 is 0 Å². The Labute approximate surface area is 108 Å². The second kappa shape index (κ2) is 4.88. The van der Waals surface area contributed by atoms with Crippen molar-refractivity contribution in [3.63, 3.8) is 0 Å². The van der Waals surface area contributed by atoms with E-state index in [-0.39, 0.29) is 5.97 Å². The van der Waals surface area contributed by atoms with E-state index in [2.05, 4.69) is 11.9 Å². The highest BCUT2D eigenvalue weighted by Crippen LogP contribution is 2.31. The fourth-order valence-corrected chi connectivity index (χ4v) is 2.25. The van der Waals surface area contributed by atoms with Crippen molar-refractivity contribution in [1.29, 1.82) is 0 Å². The molecule has 0 heterocycles. The molecule has 2 rings (SSSR count). The Morgan fingerprint density at radius 2 is 2.11 bits per heavy atom. The number of nitrogens with zero attached hydrogens (tertiary/aromatic N) is 1. The number of benzene rings is 1. The van der Waals surface area contributed by atoms with Crippen LogP contribution in [0.1, 0.15) is 35.2 Å². The quantitative estimate of drug-likeness (QED) is 0.659. The first kappa shape index (κ1) is 12.7. The van der Waals surface area contributed by atoms with Gasteiger partial charge in [0.1, 0.15) is 0 Å². The lowest BCUT2D eigenvalue weighted by molar-refractivity contribution is 0.0602. The number of ether oxygens (including phenoxy) is 1. The van der Waals surface area contributed by atoms with E-state index in [0.29, 0.717) is 17.3 Å². The number of rotatable bonds is 3. The summed E-state index contributed by atoms with van der Waals surface area (Å²) in [4.78, 5) is 13.9. The molecular weight excluding hydrogens is 228 g/mol. The number of carbonyl (C=O) groups excluding carboxylic acids is 1. The molecule has 2 N–H and O–H groups in total. The SMILES string of the molecule is COC(=O)c1cc(N(C)C2CCC2)cc(C)c1N. The van der Waals surface area contributed by atoms with Gasteiger partial charge in [0.25, 0.3) is 0 Å². The Hall–Kier alpha value is -1.71. The molecule has 4 heteroatoms. The fraction of sp³-hybridized carbons (Fsp3) is 0.500. The predicted molar refractivity (Wildman–Crippen MR) is 73.0 cm³/mol. The molecule has 4 nitrogen and oxygen atoms in total. The Bertz CT molecular complexity index is 467. The van der Waals surface area contributed by atoms with Crippen molar-refractivity contribution in [3.05, 3.63) is 23.3 Å². The van der Waals surface area contributed by atoms with E-state index >= 15 is 0 Å². The summed E-state index contributed by atoms with van der Waals surface area (Å²) >= 11 is 0. The van der Waals surface area contributed by atoms with E-state index in [1.807, 2.05) is 19.1 Å². The molecule has 0 amide bonds. The van der Waals surface area contributed by atoms with Crippen LogP contribution in [0.25, 0.3) is 0 Å². The molecule has 0 saturated heterocycles. The highest BCUT2D eigenvalue weighted by Gasteiger charge is 2.24. The maximum Gasteiger partial charge on any atom is 0.340 e. The summed E-state index contributed by atoms with van der Waals surface area (Å²) in [6.07, 6.45) is 3.72. The molecule has 0 aliphatic heterocycles. The number of carbonyl (C=O) groups is 1. The number of aryl methyl sites for hydroxylation is 1. The largest absolute Gasteiger partial charge is 0.465 e. The second-order valence-corrected chi connectivity index (χ2v) is 4.91. The number of methoxy groups -OCH3 is 1. The van der Waals surface area contributed by atoms with E-state index < -0.39 is 0 Å². The number of nitrogens with two attached hydrogens (primary N) is 1. The van der Waals surface area contributed by atoms with Gasteiger partial charge in [-0.1, -0.05) is 0 Å². The molecule has 1 fully saturated rings. The van der Waals surface area contributed by atoms with Crippen LogP contribution in [0.2, 0.25) is 0 Å². The van der Waals surface area contributed by atoms with Gasteiger partial charge in [-0.05, 0) is 43.9 Å². The van der Waals surface area contributed by atoms with Gasteiger partial charge in [0, 0.05) is 24.5 Å². The summed E-state index contributed by atoms with van der Waals surface area (Å²) in [6, 6.07) is 4.44. The molecule has 0 spiro atoms. The minimum atomic E-state index is -0.376. The van der Waals surface area contributed by atoms with Gasteiger partial charge in [0.15, 0.2) is 0 Å². The van der Waals surface area contributed by atoms with Crippen LogP contribution in [-0.2, 0) is 4.74 Å². The molecule has 0 aromatic heterocycles. The number of esters is 1. The maximum absolute atomic E-state index is 11.7. The average Bonchev–Trinajstić information content (AvgIpc) is 2.29. The lowest BCUT2D eigenvalue weighted by Gasteiger charge is -2.36. The Kier molecular flexibility index (Phi) is 3.45. The second-order valence-electron chi connectivity index (χ2n) is 4.91. The minimum absolute atomic E-state index is 0.376. The van der Waals surface area contributed by atoms with Gasteiger partial charge in [-0.2, -0.15) is 0 Å². The van der Waals surface area contributed by atoms with Crippen molar-refractivity contribution < 1.29 is 9.53 Å². The molecule has 1 saturated carbocycles. The van der Waals surface area contributed by atoms with Crippen molar-refractivity contribution in [1.82, 2.24) is 0 Å². The summed E-state index contributed by atoms with van der Waals surface area (Å²) in [6.45, 7) is 1.92. The van der Waals surface area contributed by atoms with Crippen molar-refractivity contribution in [2.45, 2.75) is 32.2 Å². The third kappa shape index (κ3) is 2.15. The Morgan fingerprint density at radius 3 is 2.61 bits per heavy atom. The van der Waals surface area contributed by atoms with Crippen LogP contribution in [0.3, 0.4) is 0 Å². The Balaban J connectivity index is 2.36. The number of hydrogen-bond acceptors (Lipinski definition) is 4. The van der Waals surface area contributed by atoms with Crippen molar-refractivity contribution in [2.75, 3.05) is 24.8 Å². The monoisotopic (exact) mass is 248 g/mol. The molecule has 0 radical (unpaired) electrons. The topological polar surface area (TPSA) is 55.6 Å². The molecule has 1 aliphatic rings. The first-order valence-corrected chi connectivity index (χ1v) is 6.26. The van der Waals surface area contributed by atoms with Crippen LogP contribution in [-0.4, -0.2) is 26.2 Å². The van der Waals surface area contributed by atoms with Crippen LogP contribution in [0, 0.1) is 6.92 Å². The molecule has 18 heavy (non-hydrogen) atoms. The Morgan fingerprint density at radius 1 is 1.44 bits per heavy atom. The summed E-state index contributed by atoms with van der Waals surface area (Å²) in [5, 5.41) is 0. The highest BCUT2D eigenvalue weighted by molar-refractivity contribution is 5.97. The third-order valence-corrected chi connectivity index (χ3v) is 3.81. The predicted octanol–water partition coefficient (Wildman–Crippen LogP) is 2.35. The van der Waals surface area contributed by atoms with Gasteiger partial charge in [-0.25, -0.2) is 4.79 Å². The molecule has 1 aliphatic carbocycles. The van der Waals surface area contributed by atoms with Crippen LogP contribution in [0.4, 0.5) is 11.4 Å². The van der Waals surface area contributed by atoms with E-state index in [1.54, 1.807) is 0 Å². The van der Waals surface area contributed by atoms with Crippen LogP contribution in [0.5, 0.6) is 0 Å². The molecule has 1 aromatic carbocycles. The smallest absolute Gasteiger partial charge is 0.340 e. The number of nitrogen functional groups attached to an aromatic ring is 1. The zero-order valence-electron chi connectivity index (χ0n) is 11.2. The van der Waals surface area contributed by atoms with Gasteiger partial charge >= 0.3 is 5.97 Å². The van der Waals surface area contributed by atoms with Gasteiger partial charge in [-0.15, -0.1) is 0 Å². The zero-order valence-corrected chi connectivity index (χ0v) is 11.2. The first-order valence-electron chi connectivity index (χ1n) is 6.26. The highest BCUT2D eigenvalue weighted by atomic mass is 16.5. The van der Waals surface area contributed by atoms with Gasteiger partial charge < -0.3 is 15.4 Å². The van der Waals surface area contributed by atoms with E-state index in [4.69, 9.17) is 10.5 Å². The zero-order chi connectivity index (χ0) is 13.3. The number of hydrogen-bond donors (Lipinski definition) is 1. The lowest BCUT2D eigenvalue weighted by Crippen LogP contribution is -2.37. The number of anilines is 2. The van der Waals surface area contributed by atoms with Gasteiger partial charge in [0.05, 0.1) is 12.7 Å². The van der Waals surface area contributed by atoms with Crippen LogP contribution in [0.15, 0.2) is 12.1 Å². The third-order valence-electron chi connectivity index (χ3n) is 3.81. The summed E-state index contributed by atoms with van der Waals surface area (Å²) in [5.74, 6) is -0.376. The molecule has 0 bridgehead atoms. The molecule has 0 atom stereocenters. The maximum atomic E-state index is 11.7. The summed E-state index contributed by atoms with van der Waals surface area (Å²) in [7, 11) is 3.44. The fourth-order valence-electron chi connectivity index (χ4n) is 2.25. The van der Waals surface area contributed by atoms with Crippen molar-refractivity contribution in [3.8, 4) is 0 Å². The molecule has 98 valence electrons. The summed E-state index contributed by atoms with van der Waals surface area (Å²) < 4.78 is 4.77. The molecule has 0 unspecified atom stereocenters. The molecule has 1 aromatic rings. The normalized spacial score (nSPS) is 15.1. The molecular formula is C14H20N2O2.